The number of hydrogen-bond donors (Lipinski definition) is 3. The summed E-state index contributed by atoms with van der Waals surface area (Å²) in [6.07, 6.45) is 15.8. The lowest BCUT2D eigenvalue weighted by Crippen LogP contribution is -2.48. The molecule has 1 unspecified atom stereocenters. The van der Waals surface area contributed by atoms with Crippen molar-refractivity contribution in [3.05, 3.63) is 24.8 Å². The molecule has 0 heterocycles. The van der Waals surface area contributed by atoms with Crippen LogP contribution in [0, 0.1) is 0 Å². The van der Waals surface area contributed by atoms with E-state index in [2.05, 4.69) is 58.4 Å². The molecule has 168 valence electrons. The van der Waals surface area contributed by atoms with Gasteiger partial charge in [0.05, 0.1) is 0 Å². The molecule has 0 aromatic heterocycles. The van der Waals surface area contributed by atoms with Gasteiger partial charge in [-0.05, 0) is 71.2 Å². The first-order valence-corrected chi connectivity index (χ1v) is 11.9. The molecule has 3 nitrogen and oxygen atoms in total. The molecule has 0 spiro atoms. The number of hydrogen-bond acceptors (Lipinski definition) is 3. The van der Waals surface area contributed by atoms with Gasteiger partial charge in [0.15, 0.2) is 0 Å². The highest BCUT2D eigenvalue weighted by Gasteiger charge is 2.26. The quantitative estimate of drug-likeness (QED) is 0.187. The number of likely N-dealkylation sites (N-methyl/N-ethyl adjacent to an activating group) is 1. The van der Waals surface area contributed by atoms with Crippen molar-refractivity contribution in [1.29, 1.82) is 0 Å². The summed E-state index contributed by atoms with van der Waals surface area (Å²) in [5.74, 6) is 0. The summed E-state index contributed by atoms with van der Waals surface area (Å²) >= 11 is 0. The Morgan fingerprint density at radius 2 is 1.61 bits per heavy atom. The van der Waals surface area contributed by atoms with Gasteiger partial charge >= 0.3 is 0 Å². The third kappa shape index (κ3) is 17.5. The third-order valence-corrected chi connectivity index (χ3v) is 5.21. The zero-order valence-electron chi connectivity index (χ0n) is 20.0. The van der Waals surface area contributed by atoms with Crippen LogP contribution in [0.4, 0.5) is 0 Å². The SMILES string of the molecule is C=CCCCCCNC(C)(C)C(=C)C(CCC)NCC.CCCCCCCN. The Hall–Kier alpha value is -0.640. The van der Waals surface area contributed by atoms with E-state index in [-0.39, 0.29) is 5.54 Å². The zero-order chi connectivity index (χ0) is 21.7. The molecule has 0 rings (SSSR count). The van der Waals surface area contributed by atoms with Crippen LogP contribution in [0.15, 0.2) is 24.8 Å². The number of allylic oxidation sites excluding steroid dienone is 1. The molecule has 0 radical (unpaired) electrons. The predicted octanol–water partition coefficient (Wildman–Crippen LogP) is 6.35. The highest BCUT2D eigenvalue weighted by molar-refractivity contribution is 5.19. The van der Waals surface area contributed by atoms with Crippen LogP contribution in [0.2, 0.25) is 0 Å². The second-order valence-corrected chi connectivity index (χ2v) is 8.32. The summed E-state index contributed by atoms with van der Waals surface area (Å²) in [6.45, 7) is 22.2. The predicted molar refractivity (Wildman–Crippen MR) is 130 cm³/mol. The summed E-state index contributed by atoms with van der Waals surface area (Å²) in [5.41, 5.74) is 6.60. The second-order valence-electron chi connectivity index (χ2n) is 8.32. The molecule has 0 amide bonds. The average Bonchev–Trinajstić information content (AvgIpc) is 2.68. The Labute approximate surface area is 178 Å². The molecule has 0 saturated carbocycles. The molecular weight excluding hydrogens is 342 g/mol. The summed E-state index contributed by atoms with van der Waals surface area (Å²) in [6, 6.07) is 0.424. The van der Waals surface area contributed by atoms with Gasteiger partial charge in [0.25, 0.3) is 0 Å². The zero-order valence-corrected chi connectivity index (χ0v) is 20.0. The van der Waals surface area contributed by atoms with Gasteiger partial charge in [-0.25, -0.2) is 0 Å². The summed E-state index contributed by atoms with van der Waals surface area (Å²) in [4.78, 5) is 0. The summed E-state index contributed by atoms with van der Waals surface area (Å²) in [7, 11) is 0. The molecule has 0 aromatic rings. The van der Waals surface area contributed by atoms with Crippen LogP contribution in [0.5, 0.6) is 0 Å². The van der Waals surface area contributed by atoms with Crippen molar-refractivity contribution in [3.63, 3.8) is 0 Å². The Bertz CT molecular complexity index is 338. The van der Waals surface area contributed by atoms with Crippen molar-refractivity contribution in [2.75, 3.05) is 19.6 Å². The van der Waals surface area contributed by atoms with Crippen molar-refractivity contribution >= 4 is 0 Å². The lowest BCUT2D eigenvalue weighted by molar-refractivity contribution is 0.392. The largest absolute Gasteiger partial charge is 0.330 e. The first-order chi connectivity index (χ1) is 13.4. The molecule has 1 atom stereocenters. The van der Waals surface area contributed by atoms with Crippen molar-refractivity contribution in [2.24, 2.45) is 5.73 Å². The Morgan fingerprint density at radius 1 is 0.964 bits per heavy atom. The number of nitrogens with one attached hydrogen (secondary N) is 2. The lowest BCUT2D eigenvalue weighted by Gasteiger charge is -2.34. The van der Waals surface area contributed by atoms with Gasteiger partial charge < -0.3 is 16.4 Å². The maximum absolute atomic E-state index is 5.31. The van der Waals surface area contributed by atoms with Crippen LogP contribution in [0.25, 0.3) is 0 Å². The van der Waals surface area contributed by atoms with Crippen molar-refractivity contribution in [1.82, 2.24) is 10.6 Å². The summed E-state index contributed by atoms with van der Waals surface area (Å²) < 4.78 is 0. The van der Waals surface area contributed by atoms with Gasteiger partial charge in [-0.1, -0.05) is 72.0 Å². The van der Waals surface area contributed by atoms with Gasteiger partial charge in [0.2, 0.25) is 0 Å². The molecule has 0 saturated heterocycles. The summed E-state index contributed by atoms with van der Waals surface area (Å²) in [5, 5.41) is 7.22. The van der Waals surface area contributed by atoms with Gasteiger partial charge in [-0.3, -0.25) is 0 Å². The van der Waals surface area contributed by atoms with E-state index in [1.54, 1.807) is 0 Å². The first kappa shape index (κ1) is 29.6. The topological polar surface area (TPSA) is 50.1 Å². The van der Waals surface area contributed by atoms with Crippen molar-refractivity contribution < 1.29 is 0 Å². The molecule has 0 aliphatic heterocycles. The molecule has 3 heteroatoms. The monoisotopic (exact) mass is 395 g/mol. The molecule has 0 aliphatic rings. The molecule has 0 aromatic carbocycles. The number of unbranched alkanes of at least 4 members (excludes halogenated alkanes) is 7. The third-order valence-electron chi connectivity index (χ3n) is 5.21. The maximum atomic E-state index is 5.31. The first-order valence-electron chi connectivity index (χ1n) is 11.9. The van der Waals surface area contributed by atoms with E-state index in [1.807, 2.05) is 6.08 Å². The number of nitrogens with two attached hydrogens (primary N) is 1. The molecular formula is C25H53N3. The van der Waals surface area contributed by atoms with Crippen LogP contribution >= 0.6 is 0 Å². The number of rotatable bonds is 18. The van der Waals surface area contributed by atoms with Crippen LogP contribution in [-0.2, 0) is 0 Å². The fourth-order valence-corrected chi connectivity index (χ4v) is 3.22. The van der Waals surface area contributed by atoms with Gasteiger partial charge in [-0.2, -0.15) is 0 Å². The minimum Gasteiger partial charge on any atom is -0.330 e. The van der Waals surface area contributed by atoms with Crippen LogP contribution in [-0.4, -0.2) is 31.2 Å². The van der Waals surface area contributed by atoms with Crippen LogP contribution < -0.4 is 16.4 Å². The standard InChI is InChI=1S/C18H36N2.C7H17N/c1-7-10-11-12-13-15-20-18(5,6)16(4)17(14-8-2)19-9-3;1-2-3-4-5-6-7-8/h7,17,19-20H,1,4,8-15H2,2-3,5-6H3;2-8H2,1H3. The van der Waals surface area contributed by atoms with Crippen LogP contribution in [0.3, 0.4) is 0 Å². The highest BCUT2D eigenvalue weighted by atomic mass is 15.0. The molecule has 4 N–H and O–H groups in total. The lowest BCUT2D eigenvalue weighted by atomic mass is 9.87. The maximum Gasteiger partial charge on any atom is 0.0349 e. The van der Waals surface area contributed by atoms with E-state index < -0.39 is 0 Å². The minimum atomic E-state index is 0.000440. The van der Waals surface area contributed by atoms with Gasteiger partial charge in [0.1, 0.15) is 0 Å². The normalized spacial score (nSPS) is 12.2. The average molecular weight is 396 g/mol. The Balaban J connectivity index is 0. The Morgan fingerprint density at radius 3 is 2.14 bits per heavy atom. The fourth-order valence-electron chi connectivity index (χ4n) is 3.22. The highest BCUT2D eigenvalue weighted by Crippen LogP contribution is 2.21. The van der Waals surface area contributed by atoms with Gasteiger partial charge in [-0.15, -0.1) is 6.58 Å². The molecule has 0 fully saturated rings. The second kappa shape index (κ2) is 21.1. The van der Waals surface area contributed by atoms with Crippen molar-refractivity contribution in [2.45, 2.75) is 117 Å². The van der Waals surface area contributed by atoms with E-state index in [1.165, 1.54) is 63.4 Å². The molecule has 0 bridgehead atoms. The molecule has 0 aliphatic carbocycles. The van der Waals surface area contributed by atoms with E-state index in [0.717, 1.165) is 32.5 Å². The van der Waals surface area contributed by atoms with Crippen LogP contribution in [0.1, 0.15) is 105 Å². The smallest absolute Gasteiger partial charge is 0.0349 e. The van der Waals surface area contributed by atoms with Gasteiger partial charge in [0, 0.05) is 11.6 Å². The fraction of sp³-hybridized carbons (Fsp3) is 0.840. The van der Waals surface area contributed by atoms with E-state index >= 15 is 0 Å². The van der Waals surface area contributed by atoms with E-state index in [9.17, 15) is 0 Å². The van der Waals surface area contributed by atoms with E-state index in [4.69, 9.17) is 5.73 Å². The Kier molecular flexibility index (Phi) is 22.3. The molecule has 28 heavy (non-hydrogen) atoms. The van der Waals surface area contributed by atoms with E-state index in [0.29, 0.717) is 6.04 Å². The minimum absolute atomic E-state index is 0.000440. The van der Waals surface area contributed by atoms with Crippen molar-refractivity contribution in [3.8, 4) is 0 Å².